The zero-order valence-electron chi connectivity index (χ0n) is 21.8. The van der Waals surface area contributed by atoms with Gasteiger partial charge in [0.15, 0.2) is 5.92 Å². The number of carbonyl (C=O) groups is 3. The number of rotatable bonds is 14. The van der Waals surface area contributed by atoms with Crippen LogP contribution < -0.4 is 0 Å². The molecule has 1 saturated heterocycles. The molecule has 3 fully saturated rings. The average Bonchev–Trinajstić information content (AvgIpc) is 2.83. The van der Waals surface area contributed by atoms with E-state index in [9.17, 15) is 14.4 Å². The van der Waals surface area contributed by atoms with Crippen LogP contribution in [0.3, 0.4) is 0 Å². The molecule has 3 aliphatic rings. The number of carboxylic acids is 2. The Morgan fingerprint density at radius 2 is 1.51 bits per heavy atom. The first-order valence-corrected chi connectivity index (χ1v) is 15.4. The molecule has 2 aliphatic carbocycles. The molecule has 2 atom stereocenters. The van der Waals surface area contributed by atoms with Gasteiger partial charge in [-0.2, -0.15) is 11.8 Å². The fourth-order valence-corrected chi connectivity index (χ4v) is 7.48. The molecule has 3 rings (SSSR count). The van der Waals surface area contributed by atoms with Crippen LogP contribution in [0, 0.1) is 29.6 Å². The highest BCUT2D eigenvalue weighted by Crippen LogP contribution is 2.43. The Kier molecular flexibility index (Phi) is 11.3. The van der Waals surface area contributed by atoms with Crippen LogP contribution in [0.5, 0.6) is 0 Å². The van der Waals surface area contributed by atoms with Crippen molar-refractivity contribution in [1.29, 1.82) is 0 Å². The predicted molar refractivity (Wildman–Crippen MR) is 140 cm³/mol. The van der Waals surface area contributed by atoms with Crippen molar-refractivity contribution in [3.63, 3.8) is 0 Å². The van der Waals surface area contributed by atoms with E-state index in [-0.39, 0.29) is 6.42 Å². The SMILES string of the molecule is CSCCC(C)CCC1CCC(N2C(=O)CC2C2CCC(CCCC(C(=O)O)C(=O)O)CC2)CC1. The molecule has 2 unspecified atom stereocenters. The third-order valence-electron chi connectivity index (χ3n) is 9.26. The minimum atomic E-state index is -1.28. The molecule has 1 amide bonds. The van der Waals surface area contributed by atoms with Gasteiger partial charge in [0.05, 0.1) is 0 Å². The largest absolute Gasteiger partial charge is 0.481 e. The molecule has 6 nitrogen and oxygen atoms in total. The highest BCUT2D eigenvalue weighted by Gasteiger charge is 2.46. The molecule has 1 aliphatic heterocycles. The Bertz CT molecular complexity index is 685. The zero-order chi connectivity index (χ0) is 25.4. The van der Waals surface area contributed by atoms with E-state index in [0.717, 1.165) is 50.4 Å². The number of hydrogen-bond donors (Lipinski definition) is 2. The van der Waals surface area contributed by atoms with Crippen molar-refractivity contribution in [2.45, 2.75) is 115 Å². The first-order chi connectivity index (χ1) is 16.8. The molecule has 0 aromatic rings. The van der Waals surface area contributed by atoms with Crippen LogP contribution in [-0.2, 0) is 14.4 Å². The second-order valence-corrected chi connectivity index (χ2v) is 12.6. The van der Waals surface area contributed by atoms with Crippen LogP contribution in [0.25, 0.3) is 0 Å². The zero-order valence-corrected chi connectivity index (χ0v) is 22.6. The van der Waals surface area contributed by atoms with Gasteiger partial charge in [-0.25, -0.2) is 0 Å². The second kappa shape index (κ2) is 13.9. The molecule has 0 bridgehead atoms. The number of carboxylic acid groups (broad SMARTS) is 2. The molecule has 2 N–H and O–H groups in total. The summed E-state index contributed by atoms with van der Waals surface area (Å²) in [6.07, 6.45) is 18.2. The van der Waals surface area contributed by atoms with Gasteiger partial charge in [-0.15, -0.1) is 0 Å². The van der Waals surface area contributed by atoms with Crippen molar-refractivity contribution in [2.24, 2.45) is 29.6 Å². The molecule has 0 aromatic heterocycles. The molecule has 2 saturated carbocycles. The molecular formula is C28H47NO5S. The Morgan fingerprint density at radius 3 is 2.09 bits per heavy atom. The van der Waals surface area contributed by atoms with Crippen LogP contribution in [0.1, 0.15) is 103 Å². The quantitative estimate of drug-likeness (QED) is 0.218. The number of likely N-dealkylation sites (tertiary alicyclic amines) is 1. The lowest BCUT2D eigenvalue weighted by Crippen LogP contribution is -2.61. The van der Waals surface area contributed by atoms with E-state index in [0.29, 0.717) is 36.2 Å². The fraction of sp³-hybridized carbons (Fsp3) is 0.893. The van der Waals surface area contributed by atoms with E-state index < -0.39 is 17.9 Å². The van der Waals surface area contributed by atoms with Crippen LogP contribution >= 0.6 is 11.8 Å². The number of nitrogens with zero attached hydrogens (tertiary/aromatic N) is 1. The number of carbonyl (C=O) groups excluding carboxylic acids is 1. The van der Waals surface area contributed by atoms with Crippen LogP contribution in [0.15, 0.2) is 0 Å². The number of amides is 1. The standard InChI is InChI=1S/C28H47NO5S/c1-19(16-17-35-2)6-7-21-10-14-23(15-11-21)29-25(18-26(29)30)22-12-8-20(9-13-22)4-3-5-24(27(31)32)28(33)34/h19-25H,3-18H2,1-2H3,(H,31,32)(H,33,34). The summed E-state index contributed by atoms with van der Waals surface area (Å²) in [5, 5.41) is 18.1. The minimum Gasteiger partial charge on any atom is -0.481 e. The molecule has 1 heterocycles. The number of thioether (sulfide) groups is 1. The van der Waals surface area contributed by atoms with Gasteiger partial charge in [-0.1, -0.05) is 45.4 Å². The van der Waals surface area contributed by atoms with E-state index in [1.165, 1.54) is 50.7 Å². The molecule has 0 radical (unpaired) electrons. The first-order valence-electron chi connectivity index (χ1n) is 14.1. The average molecular weight is 510 g/mol. The summed E-state index contributed by atoms with van der Waals surface area (Å²) in [5.41, 5.74) is 0. The number of hydrogen-bond acceptors (Lipinski definition) is 4. The number of β-lactam (4-membered cyclic amide) rings is 1. The van der Waals surface area contributed by atoms with Crippen LogP contribution in [0.4, 0.5) is 0 Å². The highest BCUT2D eigenvalue weighted by atomic mass is 32.2. The maximum absolute atomic E-state index is 12.6. The van der Waals surface area contributed by atoms with E-state index >= 15 is 0 Å². The monoisotopic (exact) mass is 509 g/mol. The first kappa shape index (κ1) is 28.3. The molecule has 200 valence electrons. The Balaban J connectivity index is 1.36. The lowest BCUT2D eigenvalue weighted by Gasteiger charge is -2.52. The predicted octanol–water partition coefficient (Wildman–Crippen LogP) is 6.08. The van der Waals surface area contributed by atoms with Crippen molar-refractivity contribution in [1.82, 2.24) is 4.90 Å². The van der Waals surface area contributed by atoms with Gasteiger partial charge >= 0.3 is 11.9 Å². The van der Waals surface area contributed by atoms with Crippen molar-refractivity contribution in [3.8, 4) is 0 Å². The van der Waals surface area contributed by atoms with Crippen LogP contribution in [-0.4, -0.2) is 57.1 Å². The van der Waals surface area contributed by atoms with E-state index in [1.54, 1.807) is 0 Å². The summed E-state index contributed by atoms with van der Waals surface area (Å²) in [4.78, 5) is 37.0. The minimum absolute atomic E-state index is 0.217. The molecular weight excluding hydrogens is 462 g/mol. The van der Waals surface area contributed by atoms with Gasteiger partial charge in [0.1, 0.15) is 0 Å². The third-order valence-corrected chi connectivity index (χ3v) is 9.90. The van der Waals surface area contributed by atoms with Gasteiger partial charge in [0.25, 0.3) is 0 Å². The highest BCUT2D eigenvalue weighted by molar-refractivity contribution is 7.98. The summed E-state index contributed by atoms with van der Waals surface area (Å²) in [6.45, 7) is 2.39. The normalized spacial score (nSPS) is 30.2. The maximum Gasteiger partial charge on any atom is 0.317 e. The van der Waals surface area contributed by atoms with E-state index in [4.69, 9.17) is 10.2 Å². The van der Waals surface area contributed by atoms with Gasteiger partial charge in [0.2, 0.25) is 5.91 Å². The third kappa shape index (κ3) is 8.13. The van der Waals surface area contributed by atoms with Gasteiger partial charge in [-0.05, 0) is 87.0 Å². The lowest BCUT2D eigenvalue weighted by molar-refractivity contribution is -0.157. The number of aliphatic carboxylic acids is 2. The van der Waals surface area contributed by atoms with Crippen molar-refractivity contribution in [3.05, 3.63) is 0 Å². The van der Waals surface area contributed by atoms with E-state index in [1.807, 2.05) is 11.8 Å². The molecule has 0 aromatic carbocycles. The van der Waals surface area contributed by atoms with Gasteiger partial charge < -0.3 is 15.1 Å². The van der Waals surface area contributed by atoms with Gasteiger partial charge in [-0.3, -0.25) is 14.4 Å². The second-order valence-electron chi connectivity index (χ2n) is 11.7. The van der Waals surface area contributed by atoms with Crippen molar-refractivity contribution < 1.29 is 24.6 Å². The van der Waals surface area contributed by atoms with Gasteiger partial charge in [0, 0.05) is 18.5 Å². The van der Waals surface area contributed by atoms with E-state index in [2.05, 4.69) is 18.1 Å². The summed E-state index contributed by atoms with van der Waals surface area (Å²) < 4.78 is 0. The topological polar surface area (TPSA) is 94.9 Å². The maximum atomic E-state index is 12.6. The summed E-state index contributed by atoms with van der Waals surface area (Å²) >= 11 is 1.95. The smallest absolute Gasteiger partial charge is 0.317 e. The Morgan fingerprint density at radius 1 is 0.914 bits per heavy atom. The Hall–Kier alpha value is -1.24. The molecule has 35 heavy (non-hydrogen) atoms. The molecule has 0 spiro atoms. The summed E-state index contributed by atoms with van der Waals surface area (Å²) in [7, 11) is 0. The van der Waals surface area contributed by atoms with Crippen molar-refractivity contribution in [2.75, 3.05) is 12.0 Å². The van der Waals surface area contributed by atoms with Crippen molar-refractivity contribution >= 4 is 29.6 Å². The lowest BCUT2D eigenvalue weighted by atomic mass is 9.72. The fourth-order valence-electron chi connectivity index (χ4n) is 6.84. The van der Waals surface area contributed by atoms with Crippen LogP contribution in [0.2, 0.25) is 0 Å². The summed E-state index contributed by atoms with van der Waals surface area (Å²) in [5.74, 6) is 0.722. The molecule has 7 heteroatoms. The Labute approximate surface area is 216 Å². The summed E-state index contributed by atoms with van der Waals surface area (Å²) in [6, 6.07) is 0.882.